The molecule has 38 heavy (non-hydrogen) atoms. The third-order valence-corrected chi connectivity index (χ3v) is 7.43. The van der Waals surface area contributed by atoms with Crippen molar-refractivity contribution < 1.29 is 28.5 Å². The van der Waals surface area contributed by atoms with E-state index in [0.717, 1.165) is 11.1 Å². The number of benzene rings is 4. The maximum absolute atomic E-state index is 12.9. The van der Waals surface area contributed by atoms with Crippen molar-refractivity contribution >= 4 is 27.3 Å². The summed E-state index contributed by atoms with van der Waals surface area (Å²) in [7, 11) is -3.87. The highest BCUT2D eigenvalue weighted by molar-refractivity contribution is 7.92. The second kappa shape index (κ2) is 10.9. The predicted octanol–water partition coefficient (Wildman–Crippen LogP) is 5.57. The number of hydrogen-bond donors (Lipinski definition) is 5. The molecule has 0 aliphatic heterocycles. The average molecular weight is 533 g/mol. The van der Waals surface area contributed by atoms with Gasteiger partial charge in [-0.1, -0.05) is 56.3 Å². The Kier molecular flexibility index (Phi) is 7.59. The van der Waals surface area contributed by atoms with Gasteiger partial charge in [-0.2, -0.15) is 0 Å². The Hall–Kier alpha value is -4.50. The van der Waals surface area contributed by atoms with E-state index in [1.165, 1.54) is 30.3 Å². The quantitative estimate of drug-likeness (QED) is 0.188. The lowest BCUT2D eigenvalue weighted by Gasteiger charge is -2.14. The van der Waals surface area contributed by atoms with E-state index >= 15 is 0 Å². The molecule has 0 bridgehead atoms. The van der Waals surface area contributed by atoms with Crippen molar-refractivity contribution in [2.75, 3.05) is 10.0 Å². The molecule has 0 saturated carbocycles. The van der Waals surface area contributed by atoms with Crippen molar-refractivity contribution in [1.82, 2.24) is 0 Å². The van der Waals surface area contributed by atoms with Crippen LogP contribution in [0.25, 0.3) is 0 Å². The normalized spacial score (nSPS) is 11.3. The van der Waals surface area contributed by atoms with Gasteiger partial charge in [-0.15, -0.1) is 0 Å². The van der Waals surface area contributed by atoms with Gasteiger partial charge in [0.05, 0.1) is 10.5 Å². The van der Waals surface area contributed by atoms with E-state index < -0.39 is 33.2 Å². The summed E-state index contributed by atoms with van der Waals surface area (Å²) < 4.78 is 28.3. The maximum Gasteiger partial charge on any atom is 0.261 e. The summed E-state index contributed by atoms with van der Waals surface area (Å²) >= 11 is 0. The van der Waals surface area contributed by atoms with Crippen LogP contribution in [-0.2, 0) is 16.4 Å². The van der Waals surface area contributed by atoms with Crippen molar-refractivity contribution in [3.05, 3.63) is 107 Å². The van der Waals surface area contributed by atoms with E-state index in [-0.39, 0.29) is 34.0 Å². The van der Waals surface area contributed by atoms with Crippen molar-refractivity contribution in [3.63, 3.8) is 0 Å². The molecule has 8 nitrogen and oxygen atoms in total. The van der Waals surface area contributed by atoms with Gasteiger partial charge in [0, 0.05) is 23.4 Å². The van der Waals surface area contributed by atoms with Crippen molar-refractivity contribution in [2.45, 2.75) is 31.1 Å². The standard InChI is InChI=1S/C29H28N2O6S/c1-18(2)20-9-6-10-23(16-20)31-38(36,37)24-13-11-22(12-14-24)30-29(35)25-17-21(26(32)28(34)27(25)33)15-19-7-4-3-5-8-19/h3-14,16-18,31-34H,15H2,1-2H3,(H,30,35). The minimum absolute atomic E-state index is 0.000668. The van der Waals surface area contributed by atoms with Crippen LogP contribution in [0, 0.1) is 0 Å². The minimum Gasteiger partial charge on any atom is -0.504 e. The molecule has 0 aliphatic carbocycles. The number of anilines is 2. The number of hydrogen-bond acceptors (Lipinski definition) is 6. The van der Waals surface area contributed by atoms with E-state index in [9.17, 15) is 28.5 Å². The molecular weight excluding hydrogens is 504 g/mol. The summed E-state index contributed by atoms with van der Waals surface area (Å²) in [5.41, 5.74) is 2.56. The number of phenols is 3. The molecule has 4 rings (SSSR count). The first kappa shape index (κ1) is 26.6. The highest BCUT2D eigenvalue weighted by atomic mass is 32.2. The zero-order valence-electron chi connectivity index (χ0n) is 20.8. The Morgan fingerprint density at radius 1 is 0.789 bits per heavy atom. The summed E-state index contributed by atoms with van der Waals surface area (Å²) in [6.07, 6.45) is 0.223. The van der Waals surface area contributed by atoms with Gasteiger partial charge in [-0.25, -0.2) is 8.42 Å². The summed E-state index contributed by atoms with van der Waals surface area (Å²) in [6.45, 7) is 4.04. The second-order valence-corrected chi connectivity index (χ2v) is 10.8. The third kappa shape index (κ3) is 5.90. The topological polar surface area (TPSA) is 136 Å². The third-order valence-electron chi connectivity index (χ3n) is 6.04. The van der Waals surface area contributed by atoms with Gasteiger partial charge >= 0.3 is 0 Å². The molecule has 5 N–H and O–H groups in total. The van der Waals surface area contributed by atoms with Crippen LogP contribution in [0.3, 0.4) is 0 Å². The summed E-state index contributed by atoms with van der Waals surface area (Å²) in [6, 6.07) is 23.1. The van der Waals surface area contributed by atoms with Crippen LogP contribution in [0.1, 0.15) is 46.8 Å². The molecule has 0 unspecified atom stereocenters. The van der Waals surface area contributed by atoms with Gasteiger partial charge in [0.15, 0.2) is 11.5 Å². The number of sulfonamides is 1. The molecule has 0 aromatic heterocycles. The lowest BCUT2D eigenvalue weighted by atomic mass is 10.00. The van der Waals surface area contributed by atoms with Crippen LogP contribution in [-0.4, -0.2) is 29.6 Å². The fourth-order valence-corrected chi connectivity index (χ4v) is 4.97. The van der Waals surface area contributed by atoms with Gasteiger partial charge in [0.25, 0.3) is 15.9 Å². The number of amides is 1. The highest BCUT2D eigenvalue weighted by Crippen LogP contribution is 2.41. The number of aromatic hydroxyl groups is 3. The first-order chi connectivity index (χ1) is 18.0. The van der Waals surface area contributed by atoms with E-state index in [2.05, 4.69) is 10.0 Å². The van der Waals surface area contributed by atoms with E-state index in [4.69, 9.17) is 0 Å². The number of carbonyl (C=O) groups excluding carboxylic acids is 1. The Morgan fingerprint density at radius 3 is 2.13 bits per heavy atom. The molecule has 0 radical (unpaired) electrons. The van der Waals surface area contributed by atoms with Crippen LogP contribution in [0.15, 0.2) is 89.8 Å². The van der Waals surface area contributed by atoms with Gasteiger partial charge in [-0.05, 0) is 59.5 Å². The fraction of sp³-hybridized carbons (Fsp3) is 0.138. The Balaban J connectivity index is 1.52. The Labute approximate surface area is 221 Å². The molecule has 0 spiro atoms. The van der Waals surface area contributed by atoms with Crippen LogP contribution in [0.2, 0.25) is 0 Å². The molecular formula is C29H28N2O6S. The molecule has 9 heteroatoms. The summed E-state index contributed by atoms with van der Waals surface area (Å²) in [5.74, 6) is -2.57. The largest absolute Gasteiger partial charge is 0.504 e. The molecule has 1 amide bonds. The molecule has 4 aromatic carbocycles. The average Bonchev–Trinajstić information content (AvgIpc) is 2.89. The number of phenolic OH excluding ortho intramolecular Hbond substituents is 3. The van der Waals surface area contributed by atoms with Gasteiger partial charge in [0.2, 0.25) is 5.75 Å². The minimum atomic E-state index is -3.87. The molecule has 0 aliphatic rings. The zero-order chi connectivity index (χ0) is 27.4. The lowest BCUT2D eigenvalue weighted by molar-refractivity contribution is 0.102. The molecule has 0 atom stereocenters. The predicted molar refractivity (Wildman–Crippen MR) is 146 cm³/mol. The molecule has 0 fully saturated rings. The van der Waals surface area contributed by atoms with Crippen molar-refractivity contribution in [2.24, 2.45) is 0 Å². The smallest absolute Gasteiger partial charge is 0.261 e. The van der Waals surface area contributed by atoms with E-state index in [1.807, 2.05) is 50.2 Å². The first-order valence-electron chi connectivity index (χ1n) is 11.9. The van der Waals surface area contributed by atoms with Crippen LogP contribution >= 0.6 is 0 Å². The van der Waals surface area contributed by atoms with Crippen molar-refractivity contribution in [1.29, 1.82) is 0 Å². The highest BCUT2D eigenvalue weighted by Gasteiger charge is 2.22. The second-order valence-electron chi connectivity index (χ2n) is 9.16. The summed E-state index contributed by atoms with van der Waals surface area (Å²) in [5, 5.41) is 33.4. The molecule has 0 saturated heterocycles. The monoisotopic (exact) mass is 532 g/mol. The van der Waals surface area contributed by atoms with Gasteiger partial charge in [-0.3, -0.25) is 9.52 Å². The SMILES string of the molecule is CC(C)c1cccc(NS(=O)(=O)c2ccc(NC(=O)c3cc(Cc4ccccc4)c(O)c(O)c3O)cc2)c1. The van der Waals surface area contributed by atoms with Crippen LogP contribution in [0.5, 0.6) is 17.2 Å². The van der Waals surface area contributed by atoms with Gasteiger partial charge < -0.3 is 20.6 Å². The molecule has 4 aromatic rings. The van der Waals surface area contributed by atoms with Crippen molar-refractivity contribution in [3.8, 4) is 17.2 Å². The lowest BCUT2D eigenvalue weighted by Crippen LogP contribution is -2.14. The fourth-order valence-electron chi connectivity index (χ4n) is 3.92. The number of rotatable bonds is 8. The van der Waals surface area contributed by atoms with Gasteiger partial charge in [0.1, 0.15) is 0 Å². The van der Waals surface area contributed by atoms with E-state index in [0.29, 0.717) is 5.69 Å². The Bertz CT molecular complexity index is 1570. The van der Waals surface area contributed by atoms with E-state index in [1.54, 1.807) is 18.2 Å². The Morgan fingerprint density at radius 2 is 1.47 bits per heavy atom. The first-order valence-corrected chi connectivity index (χ1v) is 13.4. The van der Waals surface area contributed by atoms with Crippen LogP contribution < -0.4 is 10.0 Å². The molecule has 196 valence electrons. The van der Waals surface area contributed by atoms with Crippen LogP contribution in [0.4, 0.5) is 11.4 Å². The zero-order valence-corrected chi connectivity index (χ0v) is 21.7. The summed E-state index contributed by atoms with van der Waals surface area (Å²) in [4.78, 5) is 12.9. The molecule has 0 heterocycles. The number of carbonyl (C=O) groups is 1. The number of nitrogens with one attached hydrogen (secondary N) is 2. The maximum atomic E-state index is 12.9.